The second-order valence-electron chi connectivity index (χ2n) is 2.06. The Labute approximate surface area is 101 Å². The maximum Gasteiger partial charge on any atom is 0.285 e. The summed E-state index contributed by atoms with van der Waals surface area (Å²) in [5, 5.41) is 7.80. The Morgan fingerprint density at radius 2 is 1.20 bits per heavy atom. The number of aliphatic carboxylic acids is 1. The van der Waals surface area contributed by atoms with Crippen molar-refractivity contribution < 1.29 is 26.7 Å². The Kier molecular flexibility index (Phi) is 37.9. The zero-order valence-electron chi connectivity index (χ0n) is 8.59. The molecule has 0 rings (SSSR count). The fourth-order valence-electron chi connectivity index (χ4n) is 0. The summed E-state index contributed by atoms with van der Waals surface area (Å²) < 4.78 is 0. The maximum atomic E-state index is 9.51. The molecule has 1 unspecified atom stereocenters. The van der Waals surface area contributed by atoms with Crippen molar-refractivity contribution in [2.45, 2.75) is 13.0 Å². The number of rotatable bonds is 3. The molecule has 0 amide bonds. The summed E-state index contributed by atoms with van der Waals surface area (Å²) in [4.78, 5) is 9.51. The van der Waals surface area contributed by atoms with Crippen LogP contribution in [0.1, 0.15) is 6.92 Å². The standard InChI is InChI=1S/C3H6NO2.2C2H6N2.Co/c1-2(4)3(5)6;2*3-1-2-4;/h2,4H,1H3,(H,5,6);2*3-4H,1-2H2;/q-1;2*-2;. The fraction of sp³-hybridized carbons (Fsp3) is 0.857. The van der Waals surface area contributed by atoms with Gasteiger partial charge in [0.2, 0.25) is 0 Å². The third-order valence-corrected chi connectivity index (χ3v) is 0.620. The molecule has 0 aliphatic rings. The van der Waals surface area contributed by atoms with Crippen LogP contribution in [0.3, 0.4) is 0 Å². The SMILES string of the molecule is CC([NH-])C(=O)O.[Co].[NH-]CC[NH-].[NH-]CC[NH-]. The van der Waals surface area contributed by atoms with Crippen molar-refractivity contribution in [2.75, 3.05) is 26.2 Å². The molecular weight excluding hydrogens is 245 g/mol. The minimum atomic E-state index is -1.07. The van der Waals surface area contributed by atoms with E-state index in [4.69, 9.17) is 33.8 Å². The van der Waals surface area contributed by atoms with E-state index in [0.717, 1.165) is 0 Å². The Morgan fingerprint density at radius 1 is 1.07 bits per heavy atom. The van der Waals surface area contributed by atoms with E-state index in [-0.39, 0.29) is 43.0 Å². The van der Waals surface area contributed by atoms with Gasteiger partial charge in [0.25, 0.3) is 5.97 Å². The van der Waals surface area contributed by atoms with Crippen LogP contribution < -0.4 is 0 Å². The van der Waals surface area contributed by atoms with Gasteiger partial charge in [-0.3, -0.25) is 4.79 Å². The molecule has 7 nitrogen and oxygen atoms in total. The zero-order valence-corrected chi connectivity index (χ0v) is 9.64. The number of hydrogen-bond acceptors (Lipinski definition) is 1. The summed E-state index contributed by atoms with van der Waals surface area (Å²) in [6.07, 6.45) is 0. The minimum Gasteiger partial charge on any atom is -0.679 e. The van der Waals surface area contributed by atoms with Crippen molar-refractivity contribution in [2.24, 2.45) is 0 Å². The Bertz CT molecular complexity index is 108. The number of carbonyl (C=O) groups is 1. The average molecular weight is 263 g/mol. The summed E-state index contributed by atoms with van der Waals surface area (Å²) >= 11 is 0. The monoisotopic (exact) mass is 263 g/mol. The van der Waals surface area contributed by atoms with Crippen LogP contribution in [-0.2, 0) is 21.6 Å². The molecule has 0 spiro atoms. The molecule has 97 valence electrons. The normalized spacial score (nSPS) is 9.47. The van der Waals surface area contributed by atoms with E-state index in [0.29, 0.717) is 0 Å². The topological polar surface area (TPSA) is 156 Å². The number of carboxylic acid groups (broad SMARTS) is 1. The molecule has 0 fully saturated rings. The predicted octanol–water partition coefficient (Wildman–Crippen LogP) is 2.69. The van der Waals surface area contributed by atoms with Crippen molar-refractivity contribution in [1.82, 2.24) is 0 Å². The Balaban J connectivity index is -0.0000000606. The van der Waals surface area contributed by atoms with Gasteiger partial charge in [-0.1, -0.05) is 6.92 Å². The fourth-order valence-corrected chi connectivity index (χ4v) is 0. The van der Waals surface area contributed by atoms with Crippen molar-refractivity contribution >= 4 is 5.97 Å². The summed E-state index contributed by atoms with van der Waals surface area (Å²) in [6, 6.07) is -0.981. The third-order valence-electron chi connectivity index (χ3n) is 0.620. The molecule has 0 aromatic carbocycles. The van der Waals surface area contributed by atoms with Gasteiger partial charge < -0.3 is 33.8 Å². The minimum absolute atomic E-state index is 0. The van der Waals surface area contributed by atoms with Crippen LogP contribution in [0.25, 0.3) is 28.7 Å². The Hall–Kier alpha value is -0.224. The van der Waals surface area contributed by atoms with Gasteiger partial charge in [-0.2, -0.15) is 26.2 Å². The van der Waals surface area contributed by atoms with E-state index >= 15 is 0 Å². The summed E-state index contributed by atoms with van der Waals surface area (Å²) in [6.45, 7) is 2.25. The van der Waals surface area contributed by atoms with Crippen LogP contribution >= 0.6 is 0 Å². The van der Waals surface area contributed by atoms with Crippen molar-refractivity contribution in [1.29, 1.82) is 0 Å². The quantitative estimate of drug-likeness (QED) is 0.830. The van der Waals surface area contributed by atoms with E-state index in [2.05, 4.69) is 0 Å². The smallest absolute Gasteiger partial charge is 0.285 e. The first-order valence-electron chi connectivity index (χ1n) is 4.00. The van der Waals surface area contributed by atoms with Gasteiger partial charge >= 0.3 is 0 Å². The van der Waals surface area contributed by atoms with Gasteiger partial charge in [-0.15, -0.1) is 0 Å². The molecule has 0 bridgehead atoms. The van der Waals surface area contributed by atoms with Gasteiger partial charge in [-0.05, 0) is 6.04 Å². The van der Waals surface area contributed by atoms with Crippen molar-refractivity contribution in [3.05, 3.63) is 28.7 Å². The molecular formula is C7H18CoN5O2-5. The molecule has 0 aromatic heterocycles. The van der Waals surface area contributed by atoms with E-state index < -0.39 is 12.0 Å². The molecule has 0 aliphatic heterocycles. The molecule has 1 atom stereocenters. The van der Waals surface area contributed by atoms with Crippen LogP contribution in [-0.4, -0.2) is 43.3 Å². The van der Waals surface area contributed by atoms with E-state index in [9.17, 15) is 4.79 Å². The second-order valence-corrected chi connectivity index (χ2v) is 2.06. The molecule has 0 saturated carbocycles. The molecule has 0 aromatic rings. The van der Waals surface area contributed by atoms with Crippen LogP contribution in [0.2, 0.25) is 0 Å². The predicted molar refractivity (Wildman–Crippen MR) is 58.2 cm³/mol. The summed E-state index contributed by atoms with van der Waals surface area (Å²) in [5.41, 5.74) is 31.5. The van der Waals surface area contributed by atoms with Crippen molar-refractivity contribution in [3.63, 3.8) is 0 Å². The molecule has 1 radical (unpaired) electrons. The second kappa shape index (κ2) is 23.5. The zero-order chi connectivity index (χ0) is 12.0. The van der Waals surface area contributed by atoms with Gasteiger partial charge in [-0.25, -0.2) is 0 Å². The number of nitrogens with one attached hydrogen (secondary N) is 5. The molecule has 0 saturated heterocycles. The summed E-state index contributed by atoms with van der Waals surface area (Å²) in [7, 11) is 0. The van der Waals surface area contributed by atoms with Gasteiger partial charge in [0.15, 0.2) is 0 Å². The van der Waals surface area contributed by atoms with E-state index in [1.165, 1.54) is 6.92 Å². The number of carboxylic acids is 1. The molecule has 8 heteroatoms. The summed E-state index contributed by atoms with van der Waals surface area (Å²) in [5.74, 6) is -1.07. The van der Waals surface area contributed by atoms with Gasteiger partial charge in [0, 0.05) is 16.8 Å². The molecule has 15 heavy (non-hydrogen) atoms. The van der Waals surface area contributed by atoms with Crippen LogP contribution in [0.15, 0.2) is 0 Å². The van der Waals surface area contributed by atoms with Gasteiger partial charge in [0.1, 0.15) is 0 Å². The van der Waals surface area contributed by atoms with Crippen LogP contribution in [0.4, 0.5) is 0 Å². The first-order valence-corrected chi connectivity index (χ1v) is 4.00. The Morgan fingerprint density at radius 3 is 1.20 bits per heavy atom. The maximum absolute atomic E-state index is 9.51. The van der Waals surface area contributed by atoms with E-state index in [1.807, 2.05) is 0 Å². The van der Waals surface area contributed by atoms with Crippen LogP contribution in [0, 0.1) is 0 Å². The molecule has 6 N–H and O–H groups in total. The first-order chi connectivity index (χ1) is 6.47. The number of hydrogen-bond donors (Lipinski definition) is 1. The van der Waals surface area contributed by atoms with E-state index in [1.54, 1.807) is 0 Å². The average Bonchev–Trinajstić information content (AvgIpc) is 2.18. The largest absolute Gasteiger partial charge is 0.679 e. The van der Waals surface area contributed by atoms with Crippen molar-refractivity contribution in [3.8, 4) is 0 Å². The van der Waals surface area contributed by atoms with Gasteiger partial charge in [0.05, 0.1) is 0 Å². The third kappa shape index (κ3) is 57.3. The molecule has 0 heterocycles. The molecule has 0 aliphatic carbocycles. The first kappa shape index (κ1) is 24.1. The van der Waals surface area contributed by atoms with Crippen LogP contribution in [0.5, 0.6) is 0 Å².